The van der Waals surface area contributed by atoms with E-state index in [9.17, 15) is 0 Å². The molecule has 5 aromatic rings. The average molecular weight is 479 g/mol. The lowest BCUT2D eigenvalue weighted by Gasteiger charge is -2.18. The lowest BCUT2D eigenvalue weighted by atomic mass is 9.97. The summed E-state index contributed by atoms with van der Waals surface area (Å²) in [7, 11) is 1.70. The summed E-state index contributed by atoms with van der Waals surface area (Å²) in [6.07, 6.45) is 0. The van der Waals surface area contributed by atoms with Crippen molar-refractivity contribution in [2.45, 2.75) is 46.1 Å². The highest BCUT2D eigenvalue weighted by Gasteiger charge is 2.19. The molecule has 1 heterocycles. The highest BCUT2D eigenvalue weighted by Crippen LogP contribution is 2.31. The second kappa shape index (κ2) is 10.1. The van der Waals surface area contributed by atoms with Gasteiger partial charge in [0.1, 0.15) is 23.9 Å². The highest BCUT2D eigenvalue weighted by atomic mass is 16.5. The number of aromatic nitrogens is 2. The van der Waals surface area contributed by atoms with Crippen molar-refractivity contribution in [3.63, 3.8) is 0 Å². The Kier molecular flexibility index (Phi) is 6.69. The molecule has 0 aliphatic carbocycles. The Balaban J connectivity index is 1.45. The predicted molar refractivity (Wildman–Crippen MR) is 149 cm³/mol. The number of rotatable bonds is 8. The van der Waals surface area contributed by atoms with Gasteiger partial charge in [0.25, 0.3) is 0 Å². The van der Waals surface area contributed by atoms with Crippen LogP contribution >= 0.6 is 0 Å². The van der Waals surface area contributed by atoms with E-state index in [1.165, 1.54) is 27.5 Å². The van der Waals surface area contributed by atoms with Gasteiger partial charge >= 0.3 is 0 Å². The summed E-state index contributed by atoms with van der Waals surface area (Å²) in [4.78, 5) is 5.07. The quantitative estimate of drug-likeness (QED) is 0.228. The van der Waals surface area contributed by atoms with Crippen molar-refractivity contribution in [1.29, 1.82) is 0 Å². The van der Waals surface area contributed by atoms with Gasteiger partial charge in [-0.3, -0.25) is 0 Å². The zero-order valence-corrected chi connectivity index (χ0v) is 21.8. The summed E-state index contributed by atoms with van der Waals surface area (Å²) < 4.78 is 14.1. The maximum absolute atomic E-state index is 6.36. The van der Waals surface area contributed by atoms with Gasteiger partial charge in [-0.1, -0.05) is 69.3 Å². The van der Waals surface area contributed by atoms with Crippen molar-refractivity contribution in [3.05, 3.63) is 101 Å². The summed E-state index contributed by atoms with van der Waals surface area (Å²) in [5, 5.41) is 2.37. The largest absolute Gasteiger partial charge is 0.497 e. The smallest absolute Gasteiger partial charge is 0.123 e. The molecule has 1 atom stereocenters. The summed E-state index contributed by atoms with van der Waals surface area (Å²) in [5.74, 6) is 3.46. The zero-order chi connectivity index (χ0) is 25.2. The standard InChI is InChI=1S/C32H34N2O2/c1-21(2)28-15-10-22(3)18-31(28)36-17-16-34-30-9-7-6-8-29(30)33-32(34)23(4)24-11-12-26-20-27(35-5)14-13-25(26)19-24/h6-15,18-21,23H,16-17H2,1-5H3. The van der Waals surface area contributed by atoms with Gasteiger partial charge in [0.15, 0.2) is 0 Å². The molecule has 0 aliphatic heterocycles. The van der Waals surface area contributed by atoms with Gasteiger partial charge < -0.3 is 14.0 Å². The second-order valence-corrected chi connectivity index (χ2v) is 9.85. The molecule has 0 aliphatic rings. The van der Waals surface area contributed by atoms with E-state index in [4.69, 9.17) is 14.5 Å². The first-order valence-corrected chi connectivity index (χ1v) is 12.7. The molecule has 0 bridgehead atoms. The molecule has 184 valence electrons. The van der Waals surface area contributed by atoms with Crippen LogP contribution < -0.4 is 9.47 Å². The molecule has 1 unspecified atom stereocenters. The van der Waals surface area contributed by atoms with E-state index < -0.39 is 0 Å². The fraction of sp³-hybridized carbons (Fsp3) is 0.281. The van der Waals surface area contributed by atoms with Crippen LogP contribution in [0.3, 0.4) is 0 Å². The summed E-state index contributed by atoms with van der Waals surface area (Å²) >= 11 is 0. The SMILES string of the molecule is COc1ccc2cc(C(C)c3nc4ccccc4n3CCOc3cc(C)ccc3C(C)C)ccc2c1. The molecule has 4 heteroatoms. The molecule has 0 N–H and O–H groups in total. The van der Waals surface area contributed by atoms with Crippen molar-refractivity contribution >= 4 is 21.8 Å². The van der Waals surface area contributed by atoms with Crippen LogP contribution in [-0.2, 0) is 6.54 Å². The Morgan fingerprint density at radius 3 is 2.44 bits per heavy atom. The van der Waals surface area contributed by atoms with E-state index in [2.05, 4.69) is 105 Å². The van der Waals surface area contributed by atoms with Crippen LogP contribution in [0.2, 0.25) is 0 Å². The number of methoxy groups -OCH3 is 1. The van der Waals surface area contributed by atoms with Crippen molar-refractivity contribution in [2.24, 2.45) is 0 Å². The molecule has 0 radical (unpaired) electrons. The number of hydrogen-bond acceptors (Lipinski definition) is 3. The van der Waals surface area contributed by atoms with Crippen LogP contribution in [0.5, 0.6) is 11.5 Å². The van der Waals surface area contributed by atoms with E-state index in [1.807, 2.05) is 6.07 Å². The van der Waals surface area contributed by atoms with Crippen molar-refractivity contribution in [2.75, 3.05) is 13.7 Å². The Bertz CT molecular complexity index is 1520. The minimum absolute atomic E-state index is 0.133. The third kappa shape index (κ3) is 4.68. The molecule has 5 rings (SSSR count). The highest BCUT2D eigenvalue weighted by molar-refractivity contribution is 5.85. The molecular formula is C32H34N2O2. The van der Waals surface area contributed by atoms with Crippen LogP contribution in [0.4, 0.5) is 0 Å². The fourth-order valence-electron chi connectivity index (χ4n) is 4.94. The second-order valence-electron chi connectivity index (χ2n) is 9.85. The maximum atomic E-state index is 6.36. The number of benzene rings is 4. The van der Waals surface area contributed by atoms with Gasteiger partial charge in [0.2, 0.25) is 0 Å². The molecule has 4 nitrogen and oxygen atoms in total. The van der Waals surface area contributed by atoms with Crippen LogP contribution in [0.15, 0.2) is 78.9 Å². The summed E-state index contributed by atoms with van der Waals surface area (Å²) in [6.45, 7) is 10.1. The van der Waals surface area contributed by atoms with Crippen LogP contribution in [-0.4, -0.2) is 23.3 Å². The molecule has 1 aromatic heterocycles. The molecule has 0 fully saturated rings. The third-order valence-corrected chi connectivity index (χ3v) is 7.01. The van der Waals surface area contributed by atoms with Crippen molar-refractivity contribution in [3.8, 4) is 11.5 Å². The Labute approximate surface area is 213 Å². The minimum atomic E-state index is 0.133. The summed E-state index contributed by atoms with van der Waals surface area (Å²) in [6, 6.07) is 27.7. The van der Waals surface area contributed by atoms with Crippen molar-refractivity contribution in [1.82, 2.24) is 9.55 Å². The monoisotopic (exact) mass is 478 g/mol. The van der Waals surface area contributed by atoms with E-state index >= 15 is 0 Å². The Hall–Kier alpha value is -3.79. The fourth-order valence-corrected chi connectivity index (χ4v) is 4.94. The van der Waals surface area contributed by atoms with E-state index in [1.54, 1.807) is 7.11 Å². The minimum Gasteiger partial charge on any atom is -0.497 e. The Morgan fingerprint density at radius 2 is 1.64 bits per heavy atom. The van der Waals surface area contributed by atoms with E-state index in [0.29, 0.717) is 12.5 Å². The average Bonchev–Trinajstić information content (AvgIpc) is 3.26. The van der Waals surface area contributed by atoms with Gasteiger partial charge in [0.05, 0.1) is 24.7 Å². The lowest BCUT2D eigenvalue weighted by Crippen LogP contribution is -2.14. The molecule has 0 saturated carbocycles. The summed E-state index contributed by atoms with van der Waals surface area (Å²) in [5.41, 5.74) is 5.86. The lowest BCUT2D eigenvalue weighted by molar-refractivity contribution is 0.294. The number of imidazole rings is 1. The van der Waals surface area contributed by atoms with E-state index in [-0.39, 0.29) is 5.92 Å². The maximum Gasteiger partial charge on any atom is 0.123 e. The van der Waals surface area contributed by atoms with Crippen molar-refractivity contribution < 1.29 is 9.47 Å². The number of ether oxygens (including phenoxy) is 2. The number of aryl methyl sites for hydroxylation is 1. The number of para-hydroxylation sites is 2. The van der Waals surface area contributed by atoms with Crippen LogP contribution in [0.1, 0.15) is 55.1 Å². The first-order valence-electron chi connectivity index (χ1n) is 12.7. The number of nitrogens with zero attached hydrogens (tertiary/aromatic N) is 2. The number of fused-ring (bicyclic) bond motifs is 2. The van der Waals surface area contributed by atoms with Gasteiger partial charge in [-0.2, -0.15) is 0 Å². The molecule has 0 saturated heterocycles. The van der Waals surface area contributed by atoms with Gasteiger partial charge in [0, 0.05) is 5.92 Å². The van der Waals surface area contributed by atoms with Crippen LogP contribution in [0, 0.1) is 6.92 Å². The molecule has 4 aromatic carbocycles. The van der Waals surface area contributed by atoms with Crippen LogP contribution in [0.25, 0.3) is 21.8 Å². The molecule has 0 amide bonds. The number of hydrogen-bond donors (Lipinski definition) is 0. The Morgan fingerprint density at radius 1 is 0.861 bits per heavy atom. The normalized spacial score (nSPS) is 12.4. The van der Waals surface area contributed by atoms with Gasteiger partial charge in [-0.15, -0.1) is 0 Å². The predicted octanol–water partition coefficient (Wildman–Crippen LogP) is 7.86. The third-order valence-electron chi connectivity index (χ3n) is 7.01. The topological polar surface area (TPSA) is 36.3 Å². The van der Waals surface area contributed by atoms with E-state index in [0.717, 1.165) is 34.9 Å². The first-order chi connectivity index (χ1) is 17.4. The molecular weight excluding hydrogens is 444 g/mol. The first kappa shape index (κ1) is 23.9. The van der Waals surface area contributed by atoms with Gasteiger partial charge in [-0.25, -0.2) is 4.98 Å². The zero-order valence-electron chi connectivity index (χ0n) is 21.8. The van der Waals surface area contributed by atoms with Gasteiger partial charge in [-0.05, 0) is 70.6 Å². The molecule has 36 heavy (non-hydrogen) atoms. The molecule has 0 spiro atoms.